The van der Waals surface area contributed by atoms with Crippen LogP contribution in [0.5, 0.6) is 17.2 Å². The molecule has 7 nitrogen and oxygen atoms in total. The number of ether oxygens (including phenoxy) is 4. The monoisotopic (exact) mass is 539 g/mol. The number of hydrogen-bond acceptors (Lipinski definition) is 7. The lowest BCUT2D eigenvalue weighted by Crippen LogP contribution is -2.36. The van der Waals surface area contributed by atoms with Gasteiger partial charge in [0.15, 0.2) is 5.78 Å². The minimum Gasteiger partial charge on any atom is -0.497 e. The summed E-state index contributed by atoms with van der Waals surface area (Å²) < 4.78 is 22.5. The zero-order chi connectivity index (χ0) is 28.1. The van der Waals surface area contributed by atoms with Crippen molar-refractivity contribution in [2.75, 3.05) is 27.4 Å². The maximum absolute atomic E-state index is 13.9. The maximum atomic E-state index is 13.9. The number of ketones is 1. The van der Waals surface area contributed by atoms with Crippen LogP contribution in [0.4, 0.5) is 0 Å². The molecule has 0 saturated carbocycles. The second kappa shape index (κ2) is 12.1. The molecule has 0 fully saturated rings. The zero-order valence-electron chi connectivity index (χ0n) is 22.9. The smallest absolute Gasteiger partial charge is 0.336 e. The van der Waals surface area contributed by atoms with Crippen molar-refractivity contribution >= 4 is 11.8 Å². The third-order valence-corrected chi connectivity index (χ3v) is 7.40. The van der Waals surface area contributed by atoms with E-state index in [1.54, 1.807) is 20.3 Å². The highest BCUT2D eigenvalue weighted by Crippen LogP contribution is 2.48. The van der Waals surface area contributed by atoms with Crippen LogP contribution in [0.3, 0.4) is 0 Å². The molecule has 0 amide bonds. The van der Waals surface area contributed by atoms with Crippen LogP contribution in [0.15, 0.2) is 101 Å². The van der Waals surface area contributed by atoms with E-state index in [1.165, 1.54) is 0 Å². The Labute approximate surface area is 234 Å². The number of hydrogen-bond donors (Lipinski definition) is 1. The summed E-state index contributed by atoms with van der Waals surface area (Å²) in [6.07, 6.45) is 1.01. The van der Waals surface area contributed by atoms with E-state index in [2.05, 4.69) is 17.4 Å². The minimum atomic E-state index is -0.649. The summed E-state index contributed by atoms with van der Waals surface area (Å²) in [6.45, 7) is 2.12. The van der Waals surface area contributed by atoms with E-state index in [0.717, 1.165) is 11.3 Å². The topological polar surface area (TPSA) is 83.1 Å². The van der Waals surface area contributed by atoms with Gasteiger partial charge in [0.25, 0.3) is 0 Å². The summed E-state index contributed by atoms with van der Waals surface area (Å²) in [4.78, 5) is 27.5. The first-order chi connectivity index (χ1) is 19.5. The molecule has 0 radical (unpaired) electrons. The Balaban J connectivity index is 1.47. The highest BCUT2D eigenvalue weighted by atomic mass is 16.6. The number of Topliss-reactive ketones (excluding diaryl/α,β-unsaturated/α-hetero) is 1. The summed E-state index contributed by atoms with van der Waals surface area (Å²) >= 11 is 0. The number of esters is 1. The van der Waals surface area contributed by atoms with Crippen LogP contribution in [0.1, 0.15) is 42.7 Å². The number of carbonyl (C=O) groups is 2. The van der Waals surface area contributed by atoms with E-state index in [9.17, 15) is 9.59 Å². The SMILES string of the molecule is COc1ccc([C@@H]2C(C(=O)OCCOc3ccccc3)=C(C)NC3=C2C(=O)C[C@H](c2ccccc2)C3)c(OC)c1. The molecule has 40 heavy (non-hydrogen) atoms. The average Bonchev–Trinajstić information content (AvgIpc) is 2.99. The Morgan fingerprint density at radius 3 is 2.30 bits per heavy atom. The van der Waals surface area contributed by atoms with Crippen molar-refractivity contribution < 1.29 is 28.5 Å². The first kappa shape index (κ1) is 27.1. The van der Waals surface area contributed by atoms with Gasteiger partial charge in [-0.25, -0.2) is 4.79 Å². The van der Waals surface area contributed by atoms with Crippen LogP contribution < -0.4 is 19.5 Å². The normalized spacial score (nSPS) is 18.5. The highest BCUT2D eigenvalue weighted by molar-refractivity contribution is 6.04. The fourth-order valence-electron chi connectivity index (χ4n) is 5.53. The first-order valence-electron chi connectivity index (χ1n) is 13.4. The predicted octanol–water partition coefficient (Wildman–Crippen LogP) is 5.69. The molecule has 3 aromatic carbocycles. The van der Waals surface area contributed by atoms with Crippen molar-refractivity contribution in [2.24, 2.45) is 0 Å². The van der Waals surface area contributed by atoms with Crippen LogP contribution in [-0.2, 0) is 14.3 Å². The second-order valence-corrected chi connectivity index (χ2v) is 9.83. The summed E-state index contributed by atoms with van der Waals surface area (Å²) in [5, 5.41) is 3.40. The van der Waals surface area contributed by atoms with E-state index in [-0.39, 0.29) is 24.9 Å². The number of carbonyl (C=O) groups excluding carboxylic acids is 2. The number of para-hydroxylation sites is 1. The van der Waals surface area contributed by atoms with E-state index < -0.39 is 11.9 Å². The Bertz CT molecular complexity index is 1440. The second-order valence-electron chi connectivity index (χ2n) is 9.83. The summed E-state index contributed by atoms with van der Waals surface area (Å²) in [5.41, 5.74) is 4.26. The standard InChI is InChI=1S/C33H33NO6/c1-21-30(33(36)40-17-16-39-24-12-8-5-9-13-24)31(26-15-14-25(37-2)20-29(26)38-3)32-27(34-21)18-23(19-28(32)35)22-10-6-4-7-11-22/h4-15,20,23,31,34H,16-19H2,1-3H3/t23-,31-/m1/s1. The molecule has 1 N–H and O–H groups in total. The Morgan fingerprint density at radius 2 is 1.60 bits per heavy atom. The molecule has 1 heterocycles. The molecular formula is C33H33NO6. The molecule has 0 aromatic heterocycles. The minimum absolute atomic E-state index is 0.00400. The molecule has 1 aliphatic carbocycles. The molecule has 2 atom stereocenters. The van der Waals surface area contributed by atoms with Crippen LogP contribution in [0, 0.1) is 0 Å². The summed E-state index contributed by atoms with van der Waals surface area (Å²) in [5.74, 6) is 0.737. The van der Waals surface area contributed by atoms with Gasteiger partial charge in [-0.3, -0.25) is 4.79 Å². The largest absolute Gasteiger partial charge is 0.497 e. The van der Waals surface area contributed by atoms with Gasteiger partial charge in [-0.1, -0.05) is 54.6 Å². The van der Waals surface area contributed by atoms with Gasteiger partial charge in [-0.15, -0.1) is 0 Å². The van der Waals surface area contributed by atoms with E-state index in [0.29, 0.717) is 52.5 Å². The van der Waals surface area contributed by atoms with Crippen LogP contribution >= 0.6 is 0 Å². The number of dihydropyridines is 1. The Hall–Kier alpha value is -4.52. The number of methoxy groups -OCH3 is 2. The number of rotatable bonds is 9. The average molecular weight is 540 g/mol. The van der Waals surface area contributed by atoms with Gasteiger partial charge in [0.2, 0.25) is 0 Å². The van der Waals surface area contributed by atoms with E-state index in [1.807, 2.05) is 67.6 Å². The number of nitrogens with one attached hydrogen (secondary N) is 1. The van der Waals surface area contributed by atoms with Crippen molar-refractivity contribution in [3.05, 3.63) is 113 Å². The molecule has 1 aliphatic heterocycles. The first-order valence-corrected chi connectivity index (χ1v) is 13.4. The van der Waals surface area contributed by atoms with Gasteiger partial charge in [0.05, 0.1) is 25.7 Å². The van der Waals surface area contributed by atoms with Crippen LogP contribution in [0.25, 0.3) is 0 Å². The van der Waals surface area contributed by atoms with Gasteiger partial charge in [0, 0.05) is 35.0 Å². The van der Waals surface area contributed by atoms with Crippen molar-refractivity contribution in [1.82, 2.24) is 5.32 Å². The summed E-state index contributed by atoms with van der Waals surface area (Å²) in [6, 6.07) is 24.8. The molecule has 0 unspecified atom stereocenters. The molecule has 0 saturated heterocycles. The third-order valence-electron chi connectivity index (χ3n) is 7.40. The molecule has 3 aromatic rings. The third kappa shape index (κ3) is 5.59. The van der Waals surface area contributed by atoms with E-state index >= 15 is 0 Å². The highest BCUT2D eigenvalue weighted by Gasteiger charge is 2.42. The van der Waals surface area contributed by atoms with E-state index in [4.69, 9.17) is 18.9 Å². The molecular weight excluding hydrogens is 506 g/mol. The molecule has 2 aliphatic rings. The van der Waals surface area contributed by atoms with Crippen LogP contribution in [-0.4, -0.2) is 39.2 Å². The Morgan fingerprint density at radius 1 is 0.875 bits per heavy atom. The van der Waals surface area contributed by atoms with Crippen molar-refractivity contribution in [2.45, 2.75) is 31.6 Å². The molecule has 0 bridgehead atoms. The van der Waals surface area contributed by atoms with Crippen molar-refractivity contribution in [3.8, 4) is 17.2 Å². The van der Waals surface area contributed by atoms with Crippen molar-refractivity contribution in [3.63, 3.8) is 0 Å². The van der Waals surface area contributed by atoms with Crippen LogP contribution in [0.2, 0.25) is 0 Å². The fourth-order valence-corrected chi connectivity index (χ4v) is 5.53. The van der Waals surface area contributed by atoms with Gasteiger partial charge < -0.3 is 24.3 Å². The van der Waals surface area contributed by atoms with Gasteiger partial charge in [-0.2, -0.15) is 0 Å². The quantitative estimate of drug-likeness (QED) is 0.276. The van der Waals surface area contributed by atoms with Gasteiger partial charge in [0.1, 0.15) is 30.5 Å². The zero-order valence-corrected chi connectivity index (χ0v) is 22.9. The molecule has 5 rings (SSSR count). The number of benzene rings is 3. The maximum Gasteiger partial charge on any atom is 0.336 e. The van der Waals surface area contributed by atoms with Crippen molar-refractivity contribution in [1.29, 1.82) is 0 Å². The molecule has 0 spiro atoms. The molecule has 7 heteroatoms. The van der Waals surface area contributed by atoms with Gasteiger partial charge in [-0.05, 0) is 43.0 Å². The predicted molar refractivity (Wildman–Crippen MR) is 151 cm³/mol. The summed E-state index contributed by atoms with van der Waals surface area (Å²) in [7, 11) is 3.15. The number of allylic oxidation sites excluding steroid dienone is 3. The lowest BCUT2D eigenvalue weighted by molar-refractivity contribution is -0.140. The van der Waals surface area contributed by atoms with Gasteiger partial charge >= 0.3 is 5.97 Å². The lowest BCUT2D eigenvalue weighted by atomic mass is 9.71. The Kier molecular flexibility index (Phi) is 8.20. The lowest BCUT2D eigenvalue weighted by Gasteiger charge is -2.37. The fraction of sp³-hybridized carbons (Fsp3) is 0.273. The molecule has 206 valence electrons.